The number of thiophene rings is 1. The molecular weight excluding hydrogens is 338 g/mol. The molecule has 0 aliphatic carbocycles. The van der Waals surface area contributed by atoms with E-state index in [0.717, 1.165) is 20.7 Å². The van der Waals surface area contributed by atoms with Crippen LogP contribution in [-0.2, 0) is 6.54 Å². The summed E-state index contributed by atoms with van der Waals surface area (Å²) in [5, 5.41) is 1.86. The highest BCUT2D eigenvalue weighted by molar-refractivity contribution is 9.11. The molecule has 1 heterocycles. The lowest BCUT2D eigenvalue weighted by atomic mass is 10.1. The molecule has 0 radical (unpaired) electrons. The number of amides is 1. The summed E-state index contributed by atoms with van der Waals surface area (Å²) in [6.07, 6.45) is 0. The number of halogens is 1. The van der Waals surface area contributed by atoms with Crippen molar-refractivity contribution in [2.24, 2.45) is 0 Å². The van der Waals surface area contributed by atoms with E-state index in [1.165, 1.54) is 11.3 Å². The molecule has 20 heavy (non-hydrogen) atoms. The molecule has 0 spiro atoms. The van der Waals surface area contributed by atoms with E-state index in [1.54, 1.807) is 19.1 Å². The Balaban J connectivity index is 2.17. The third-order valence-corrected chi connectivity index (χ3v) is 4.51. The Hall–Kier alpha value is -1.33. The molecule has 0 saturated heterocycles. The van der Waals surface area contributed by atoms with Crippen molar-refractivity contribution in [3.63, 3.8) is 0 Å². The first-order valence-corrected chi connectivity index (χ1v) is 7.81. The zero-order valence-corrected chi connectivity index (χ0v) is 14.0. The van der Waals surface area contributed by atoms with Crippen LogP contribution in [0.5, 0.6) is 5.75 Å². The summed E-state index contributed by atoms with van der Waals surface area (Å²) in [6.45, 7) is 2.55. The lowest BCUT2D eigenvalue weighted by Crippen LogP contribution is -2.26. The van der Waals surface area contributed by atoms with Gasteiger partial charge in [-0.1, -0.05) is 17.7 Å². The van der Waals surface area contributed by atoms with Crippen LogP contribution in [-0.4, -0.2) is 25.0 Å². The van der Waals surface area contributed by atoms with Crippen molar-refractivity contribution in [1.82, 2.24) is 4.90 Å². The molecule has 106 valence electrons. The molecule has 0 N–H and O–H groups in total. The summed E-state index contributed by atoms with van der Waals surface area (Å²) < 4.78 is 6.31. The van der Waals surface area contributed by atoms with Crippen LogP contribution in [0, 0.1) is 6.92 Å². The number of carbonyl (C=O) groups is 1. The van der Waals surface area contributed by atoms with Crippen LogP contribution < -0.4 is 4.74 Å². The summed E-state index contributed by atoms with van der Waals surface area (Å²) in [7, 11) is 3.45. The Morgan fingerprint density at radius 2 is 2.15 bits per heavy atom. The summed E-state index contributed by atoms with van der Waals surface area (Å²) in [6, 6.07) is 7.83. The minimum atomic E-state index is 0.00973. The van der Waals surface area contributed by atoms with E-state index in [-0.39, 0.29) is 5.91 Å². The molecule has 2 aromatic rings. The average Bonchev–Trinajstić information content (AvgIpc) is 2.84. The topological polar surface area (TPSA) is 29.5 Å². The van der Waals surface area contributed by atoms with Crippen LogP contribution in [0.1, 0.15) is 21.5 Å². The zero-order chi connectivity index (χ0) is 14.7. The quantitative estimate of drug-likeness (QED) is 0.827. The summed E-state index contributed by atoms with van der Waals surface area (Å²) in [4.78, 5) is 14.0. The second-order valence-electron chi connectivity index (χ2n) is 4.62. The Bertz CT molecular complexity index is 624. The number of methoxy groups -OCH3 is 1. The van der Waals surface area contributed by atoms with E-state index >= 15 is 0 Å². The van der Waals surface area contributed by atoms with Gasteiger partial charge in [-0.15, -0.1) is 11.3 Å². The van der Waals surface area contributed by atoms with Crippen LogP contribution in [0.4, 0.5) is 0 Å². The zero-order valence-electron chi connectivity index (χ0n) is 11.6. The van der Waals surface area contributed by atoms with Crippen LogP contribution in [0.3, 0.4) is 0 Å². The molecule has 0 bridgehead atoms. The lowest BCUT2D eigenvalue weighted by Gasteiger charge is -2.18. The Labute approximate surface area is 131 Å². The van der Waals surface area contributed by atoms with Crippen LogP contribution in [0.15, 0.2) is 33.4 Å². The number of carbonyl (C=O) groups excluding carboxylic acids is 1. The van der Waals surface area contributed by atoms with Crippen molar-refractivity contribution in [3.8, 4) is 5.75 Å². The van der Waals surface area contributed by atoms with Gasteiger partial charge < -0.3 is 9.64 Å². The normalized spacial score (nSPS) is 10.4. The molecule has 0 unspecified atom stereocenters. The van der Waals surface area contributed by atoms with E-state index in [9.17, 15) is 4.79 Å². The predicted molar refractivity (Wildman–Crippen MR) is 85.5 cm³/mol. The van der Waals surface area contributed by atoms with Crippen LogP contribution >= 0.6 is 27.3 Å². The molecule has 1 aromatic heterocycles. The number of rotatable bonds is 4. The molecule has 3 nitrogen and oxygen atoms in total. The van der Waals surface area contributed by atoms with Gasteiger partial charge >= 0.3 is 0 Å². The van der Waals surface area contributed by atoms with Gasteiger partial charge in [0.25, 0.3) is 5.91 Å². The highest BCUT2D eigenvalue weighted by Crippen LogP contribution is 2.24. The maximum absolute atomic E-state index is 12.3. The van der Waals surface area contributed by atoms with Gasteiger partial charge in [0.1, 0.15) is 5.75 Å². The largest absolute Gasteiger partial charge is 0.496 e. The van der Waals surface area contributed by atoms with Crippen molar-refractivity contribution in [2.45, 2.75) is 13.5 Å². The minimum absolute atomic E-state index is 0.00973. The number of hydrogen-bond donors (Lipinski definition) is 0. The average molecular weight is 354 g/mol. The number of nitrogens with zero attached hydrogens (tertiary/aromatic N) is 1. The van der Waals surface area contributed by atoms with E-state index in [1.807, 2.05) is 36.6 Å². The molecule has 0 atom stereocenters. The fourth-order valence-corrected chi connectivity index (χ4v) is 3.13. The molecule has 0 aliphatic rings. The fourth-order valence-electron chi connectivity index (χ4n) is 2.00. The highest BCUT2D eigenvalue weighted by atomic mass is 79.9. The van der Waals surface area contributed by atoms with Gasteiger partial charge in [0.2, 0.25) is 0 Å². The monoisotopic (exact) mass is 353 g/mol. The number of ether oxygens (including phenoxy) is 1. The number of aryl methyl sites for hydroxylation is 1. The van der Waals surface area contributed by atoms with E-state index in [2.05, 4.69) is 15.9 Å². The SMILES string of the molecule is COc1ccc(C)cc1CN(C)C(=O)c1csc(Br)c1. The van der Waals surface area contributed by atoms with Gasteiger partial charge in [0, 0.05) is 24.5 Å². The summed E-state index contributed by atoms with van der Waals surface area (Å²) in [5.74, 6) is 0.817. The first-order valence-electron chi connectivity index (χ1n) is 6.14. The van der Waals surface area contributed by atoms with Crippen molar-refractivity contribution < 1.29 is 9.53 Å². The second-order valence-corrected chi connectivity index (χ2v) is 6.91. The molecule has 1 aromatic carbocycles. The molecule has 2 rings (SSSR count). The Morgan fingerprint density at radius 3 is 2.75 bits per heavy atom. The second kappa shape index (κ2) is 6.41. The van der Waals surface area contributed by atoms with Crippen LogP contribution in [0.2, 0.25) is 0 Å². The summed E-state index contributed by atoms with van der Waals surface area (Å²) >= 11 is 4.89. The predicted octanol–water partition coefficient (Wildman–Crippen LogP) is 4.10. The van der Waals surface area contributed by atoms with Gasteiger partial charge in [-0.05, 0) is 35.0 Å². The van der Waals surface area contributed by atoms with Gasteiger partial charge in [-0.2, -0.15) is 0 Å². The smallest absolute Gasteiger partial charge is 0.254 e. The minimum Gasteiger partial charge on any atom is -0.496 e. The van der Waals surface area contributed by atoms with E-state index in [4.69, 9.17) is 4.74 Å². The fraction of sp³-hybridized carbons (Fsp3) is 0.267. The van der Waals surface area contributed by atoms with E-state index in [0.29, 0.717) is 12.1 Å². The standard InChI is InChI=1S/C15H16BrNO2S/c1-10-4-5-13(19-3)11(6-10)8-17(2)15(18)12-7-14(16)20-9-12/h4-7,9H,8H2,1-3H3. The molecule has 0 fully saturated rings. The van der Waals surface area contributed by atoms with Crippen LogP contribution in [0.25, 0.3) is 0 Å². The first-order chi connectivity index (χ1) is 9.51. The maximum atomic E-state index is 12.3. The maximum Gasteiger partial charge on any atom is 0.254 e. The molecule has 0 saturated carbocycles. The third-order valence-electron chi connectivity index (χ3n) is 3.00. The highest BCUT2D eigenvalue weighted by Gasteiger charge is 2.15. The number of benzene rings is 1. The molecule has 0 aliphatic heterocycles. The van der Waals surface area contributed by atoms with Crippen molar-refractivity contribution in [2.75, 3.05) is 14.2 Å². The third kappa shape index (κ3) is 3.41. The lowest BCUT2D eigenvalue weighted by molar-refractivity contribution is 0.0784. The Kier molecular flexibility index (Phi) is 4.83. The van der Waals surface area contributed by atoms with Gasteiger partial charge in [0.05, 0.1) is 16.5 Å². The summed E-state index contributed by atoms with van der Waals surface area (Å²) in [5.41, 5.74) is 2.87. The van der Waals surface area contributed by atoms with E-state index < -0.39 is 0 Å². The molecular formula is C15H16BrNO2S. The van der Waals surface area contributed by atoms with Gasteiger partial charge in [0.15, 0.2) is 0 Å². The Morgan fingerprint density at radius 1 is 1.40 bits per heavy atom. The van der Waals surface area contributed by atoms with Crippen molar-refractivity contribution >= 4 is 33.2 Å². The van der Waals surface area contributed by atoms with Gasteiger partial charge in [-0.25, -0.2) is 0 Å². The van der Waals surface area contributed by atoms with Crippen molar-refractivity contribution in [3.05, 3.63) is 50.1 Å². The molecule has 1 amide bonds. The van der Waals surface area contributed by atoms with Gasteiger partial charge in [-0.3, -0.25) is 4.79 Å². The van der Waals surface area contributed by atoms with Crippen molar-refractivity contribution in [1.29, 1.82) is 0 Å². The first kappa shape index (κ1) is 15.1. The molecule has 5 heteroatoms. The number of hydrogen-bond acceptors (Lipinski definition) is 3.